The van der Waals surface area contributed by atoms with Crippen molar-refractivity contribution in [2.75, 3.05) is 13.2 Å². The predicted octanol–water partition coefficient (Wildman–Crippen LogP) is 3.58. The average Bonchev–Trinajstić information content (AvgIpc) is 2.65. The van der Waals surface area contributed by atoms with Gasteiger partial charge in [0.05, 0.1) is 0 Å². The molecule has 0 unspecified atom stereocenters. The molecule has 27 heavy (non-hydrogen) atoms. The molecule has 144 valence electrons. The van der Waals surface area contributed by atoms with Gasteiger partial charge in [0.15, 0.2) is 6.61 Å². The zero-order chi connectivity index (χ0) is 19.8. The lowest BCUT2D eigenvalue weighted by atomic mass is 10.1. The number of carbonyl (C=O) groups is 2. The Labute approximate surface area is 165 Å². The Balaban J connectivity index is 2.15. The van der Waals surface area contributed by atoms with Crippen molar-refractivity contribution in [2.45, 2.75) is 33.4 Å². The lowest BCUT2D eigenvalue weighted by Gasteiger charge is -2.29. The molecule has 2 rings (SSSR count). The molecule has 1 N–H and O–H groups in total. The van der Waals surface area contributed by atoms with Gasteiger partial charge in [-0.25, -0.2) is 0 Å². The van der Waals surface area contributed by atoms with E-state index in [9.17, 15) is 9.59 Å². The predicted molar refractivity (Wildman–Crippen MR) is 107 cm³/mol. The summed E-state index contributed by atoms with van der Waals surface area (Å²) in [7, 11) is 0. The van der Waals surface area contributed by atoms with Gasteiger partial charge in [-0.15, -0.1) is 0 Å². The van der Waals surface area contributed by atoms with Crippen LogP contribution in [-0.2, 0) is 16.1 Å². The number of amides is 2. The molecular formula is C21H25ClN2O3. The highest BCUT2D eigenvalue weighted by Crippen LogP contribution is 2.18. The third kappa shape index (κ3) is 6.00. The highest BCUT2D eigenvalue weighted by atomic mass is 35.5. The first-order valence-electron chi connectivity index (χ1n) is 8.92. The van der Waals surface area contributed by atoms with Gasteiger partial charge < -0.3 is 15.0 Å². The van der Waals surface area contributed by atoms with E-state index < -0.39 is 6.04 Å². The van der Waals surface area contributed by atoms with Crippen LogP contribution in [0.4, 0.5) is 0 Å². The van der Waals surface area contributed by atoms with Crippen molar-refractivity contribution in [1.82, 2.24) is 10.2 Å². The topological polar surface area (TPSA) is 58.6 Å². The van der Waals surface area contributed by atoms with E-state index in [-0.39, 0.29) is 18.4 Å². The Hall–Kier alpha value is -2.53. The minimum absolute atomic E-state index is 0.171. The van der Waals surface area contributed by atoms with E-state index in [4.69, 9.17) is 16.3 Å². The molecule has 0 aliphatic heterocycles. The van der Waals surface area contributed by atoms with Gasteiger partial charge in [0.1, 0.15) is 11.8 Å². The van der Waals surface area contributed by atoms with Crippen LogP contribution in [0.5, 0.6) is 5.75 Å². The minimum Gasteiger partial charge on any atom is -0.484 e. The van der Waals surface area contributed by atoms with Gasteiger partial charge >= 0.3 is 0 Å². The lowest BCUT2D eigenvalue weighted by Crippen LogP contribution is -2.49. The van der Waals surface area contributed by atoms with Gasteiger partial charge in [-0.05, 0) is 50.1 Å². The monoisotopic (exact) mass is 388 g/mol. The van der Waals surface area contributed by atoms with Crippen LogP contribution in [0.1, 0.15) is 25.0 Å². The summed E-state index contributed by atoms with van der Waals surface area (Å²) in [6.07, 6.45) is 0. The number of ether oxygens (including phenoxy) is 1. The molecule has 0 aliphatic rings. The number of halogens is 1. The third-order valence-electron chi connectivity index (χ3n) is 4.28. The smallest absolute Gasteiger partial charge is 0.261 e. The SMILES string of the molecule is CCNC(=O)[C@H](C)N(Cc1ccccc1C)C(=O)COc1cccc(Cl)c1. The summed E-state index contributed by atoms with van der Waals surface area (Å²) in [4.78, 5) is 26.7. The third-order valence-corrected chi connectivity index (χ3v) is 4.51. The van der Waals surface area contributed by atoms with Crippen LogP contribution >= 0.6 is 11.6 Å². The second-order valence-electron chi connectivity index (χ2n) is 6.26. The highest BCUT2D eigenvalue weighted by Gasteiger charge is 2.26. The minimum atomic E-state index is -0.611. The first kappa shape index (κ1) is 20.8. The summed E-state index contributed by atoms with van der Waals surface area (Å²) in [6, 6.07) is 14.1. The molecular weight excluding hydrogens is 364 g/mol. The lowest BCUT2D eigenvalue weighted by molar-refractivity contribution is -0.142. The van der Waals surface area contributed by atoms with Crippen LogP contribution in [0, 0.1) is 6.92 Å². The highest BCUT2D eigenvalue weighted by molar-refractivity contribution is 6.30. The Morgan fingerprint density at radius 2 is 1.93 bits per heavy atom. The second kappa shape index (κ2) is 9.97. The summed E-state index contributed by atoms with van der Waals surface area (Å²) >= 11 is 5.95. The van der Waals surface area contributed by atoms with Crippen LogP contribution in [-0.4, -0.2) is 35.9 Å². The number of carbonyl (C=O) groups excluding carboxylic acids is 2. The maximum absolute atomic E-state index is 12.9. The van der Waals surface area contributed by atoms with E-state index >= 15 is 0 Å². The van der Waals surface area contributed by atoms with E-state index in [1.807, 2.05) is 38.1 Å². The zero-order valence-electron chi connectivity index (χ0n) is 15.9. The molecule has 2 aromatic rings. The van der Waals surface area contributed by atoms with Crippen molar-refractivity contribution >= 4 is 23.4 Å². The maximum atomic E-state index is 12.9. The molecule has 0 spiro atoms. The summed E-state index contributed by atoms with van der Waals surface area (Å²) in [5, 5.41) is 3.31. The summed E-state index contributed by atoms with van der Waals surface area (Å²) in [6.45, 7) is 6.23. The molecule has 0 aromatic heterocycles. The van der Waals surface area contributed by atoms with Crippen LogP contribution in [0.15, 0.2) is 48.5 Å². The fourth-order valence-electron chi connectivity index (χ4n) is 2.66. The first-order chi connectivity index (χ1) is 12.9. The molecule has 6 heteroatoms. The van der Waals surface area contributed by atoms with Crippen LogP contribution in [0.2, 0.25) is 5.02 Å². The van der Waals surface area contributed by atoms with Crippen LogP contribution in [0.3, 0.4) is 0 Å². The van der Waals surface area contributed by atoms with E-state index in [1.165, 1.54) is 4.90 Å². The summed E-state index contributed by atoms with van der Waals surface area (Å²) < 4.78 is 5.58. The van der Waals surface area contributed by atoms with E-state index in [1.54, 1.807) is 31.2 Å². The van der Waals surface area contributed by atoms with E-state index in [2.05, 4.69) is 5.32 Å². The number of benzene rings is 2. The van der Waals surface area contributed by atoms with Gasteiger partial charge in [0, 0.05) is 18.1 Å². The van der Waals surface area contributed by atoms with Gasteiger partial charge in [0.25, 0.3) is 5.91 Å². The molecule has 1 atom stereocenters. The molecule has 0 bridgehead atoms. The van der Waals surface area contributed by atoms with Crippen LogP contribution < -0.4 is 10.1 Å². The fourth-order valence-corrected chi connectivity index (χ4v) is 2.84. The zero-order valence-corrected chi connectivity index (χ0v) is 16.6. The van der Waals surface area contributed by atoms with Crippen molar-refractivity contribution in [3.63, 3.8) is 0 Å². The Morgan fingerprint density at radius 3 is 2.59 bits per heavy atom. The quantitative estimate of drug-likeness (QED) is 0.751. The molecule has 0 radical (unpaired) electrons. The molecule has 0 fully saturated rings. The second-order valence-corrected chi connectivity index (χ2v) is 6.70. The fraction of sp³-hybridized carbons (Fsp3) is 0.333. The number of rotatable bonds is 8. The summed E-state index contributed by atoms with van der Waals surface area (Å²) in [5.41, 5.74) is 2.05. The largest absolute Gasteiger partial charge is 0.484 e. The van der Waals surface area contributed by atoms with Gasteiger partial charge in [-0.1, -0.05) is 41.9 Å². The number of nitrogens with zero attached hydrogens (tertiary/aromatic N) is 1. The van der Waals surface area contributed by atoms with Gasteiger partial charge in [-0.2, -0.15) is 0 Å². The molecule has 0 heterocycles. The molecule has 5 nitrogen and oxygen atoms in total. The van der Waals surface area contributed by atoms with Crippen molar-refractivity contribution in [2.24, 2.45) is 0 Å². The Kier molecular flexibility index (Phi) is 7.67. The van der Waals surface area contributed by atoms with E-state index in [0.717, 1.165) is 11.1 Å². The number of aryl methyl sites for hydroxylation is 1. The van der Waals surface area contributed by atoms with Crippen molar-refractivity contribution in [1.29, 1.82) is 0 Å². The number of likely N-dealkylation sites (N-methyl/N-ethyl adjacent to an activating group) is 1. The van der Waals surface area contributed by atoms with Crippen LogP contribution in [0.25, 0.3) is 0 Å². The Bertz CT molecular complexity index is 795. The van der Waals surface area contributed by atoms with E-state index in [0.29, 0.717) is 23.9 Å². The number of hydrogen-bond donors (Lipinski definition) is 1. The molecule has 0 aliphatic carbocycles. The van der Waals surface area contributed by atoms with Gasteiger partial charge in [0.2, 0.25) is 5.91 Å². The average molecular weight is 389 g/mol. The molecule has 0 saturated heterocycles. The molecule has 2 aromatic carbocycles. The standard InChI is InChI=1S/C21H25ClN2O3/c1-4-23-21(26)16(3)24(13-17-9-6-5-8-15(17)2)20(25)14-27-19-11-7-10-18(22)12-19/h5-12,16H,4,13-14H2,1-3H3,(H,23,26)/t16-/m0/s1. The number of nitrogens with one attached hydrogen (secondary N) is 1. The molecule has 2 amide bonds. The van der Waals surface area contributed by atoms with Crippen molar-refractivity contribution in [3.8, 4) is 5.75 Å². The van der Waals surface area contributed by atoms with Crippen molar-refractivity contribution < 1.29 is 14.3 Å². The molecule has 0 saturated carbocycles. The number of hydrogen-bond acceptors (Lipinski definition) is 3. The summed E-state index contributed by atoms with van der Waals surface area (Å²) in [5.74, 6) is 0.0523. The maximum Gasteiger partial charge on any atom is 0.261 e. The van der Waals surface area contributed by atoms with Gasteiger partial charge in [-0.3, -0.25) is 9.59 Å². The first-order valence-corrected chi connectivity index (χ1v) is 9.30. The normalized spacial score (nSPS) is 11.6. The Morgan fingerprint density at radius 1 is 1.19 bits per heavy atom. The van der Waals surface area contributed by atoms with Crippen molar-refractivity contribution in [3.05, 3.63) is 64.7 Å².